The number of rotatable bonds is 5. The molecule has 0 bridgehead atoms. The largest absolute Gasteiger partial charge is 0.465 e. The van der Waals surface area contributed by atoms with E-state index in [-0.39, 0.29) is 9.77 Å². The van der Waals surface area contributed by atoms with Gasteiger partial charge in [0, 0.05) is 15.4 Å². The second-order valence-electron chi connectivity index (χ2n) is 6.25. The number of nitrogens with one attached hydrogen (secondary N) is 1. The smallest absolute Gasteiger partial charge is 0.349 e. The summed E-state index contributed by atoms with van der Waals surface area (Å²) >= 11 is 4.43. The fourth-order valence-corrected chi connectivity index (χ4v) is 6.20. The first-order valence-corrected chi connectivity index (χ1v) is 11.4. The number of carbonyl (C=O) groups is 1. The van der Waals surface area contributed by atoms with Gasteiger partial charge in [0.15, 0.2) is 0 Å². The van der Waals surface area contributed by atoms with Crippen molar-refractivity contribution in [1.82, 2.24) is 0 Å². The average molecular weight is 480 g/mol. The Balaban J connectivity index is 2.15. The molecule has 2 aromatic carbocycles. The van der Waals surface area contributed by atoms with Gasteiger partial charge in [-0.15, -0.1) is 11.3 Å². The van der Waals surface area contributed by atoms with Crippen molar-refractivity contribution in [3.8, 4) is 11.1 Å². The Hall–Kier alpha value is -2.16. The highest BCUT2D eigenvalue weighted by atomic mass is 79.9. The first kappa shape index (κ1) is 20.6. The number of ether oxygens (including phenoxy) is 1. The summed E-state index contributed by atoms with van der Waals surface area (Å²) in [6.45, 7) is 3.86. The van der Waals surface area contributed by atoms with Crippen LogP contribution in [0.15, 0.2) is 57.2 Å². The van der Waals surface area contributed by atoms with E-state index in [1.807, 2.05) is 44.2 Å². The minimum absolute atomic E-state index is 0.0359. The summed E-state index contributed by atoms with van der Waals surface area (Å²) in [5.41, 5.74) is 3.60. The Morgan fingerprint density at radius 1 is 1.07 bits per heavy atom. The van der Waals surface area contributed by atoms with E-state index in [2.05, 4.69) is 20.7 Å². The lowest BCUT2D eigenvalue weighted by molar-refractivity contribution is 0.0602. The lowest BCUT2D eigenvalue weighted by Gasteiger charge is -2.13. The highest BCUT2D eigenvalue weighted by Crippen LogP contribution is 2.37. The van der Waals surface area contributed by atoms with E-state index in [4.69, 9.17) is 4.74 Å². The predicted molar refractivity (Wildman–Crippen MR) is 116 cm³/mol. The third-order valence-electron chi connectivity index (χ3n) is 4.12. The maximum Gasteiger partial charge on any atom is 0.349 e. The van der Waals surface area contributed by atoms with Crippen molar-refractivity contribution in [3.63, 3.8) is 0 Å². The number of halogens is 1. The van der Waals surface area contributed by atoms with E-state index in [1.54, 1.807) is 17.5 Å². The number of thiophene rings is 1. The predicted octanol–water partition coefficient (Wildman–Crippen LogP) is 5.38. The lowest BCUT2D eigenvalue weighted by atomic mass is 10.1. The molecule has 0 radical (unpaired) electrons. The molecule has 8 heteroatoms. The van der Waals surface area contributed by atoms with Gasteiger partial charge in [-0.1, -0.05) is 35.9 Å². The van der Waals surface area contributed by atoms with Gasteiger partial charge in [0.05, 0.1) is 12.8 Å². The Morgan fingerprint density at radius 3 is 2.32 bits per heavy atom. The van der Waals surface area contributed by atoms with Crippen molar-refractivity contribution < 1.29 is 17.9 Å². The molecule has 0 aliphatic rings. The summed E-state index contributed by atoms with van der Waals surface area (Å²) in [6.07, 6.45) is 0. The van der Waals surface area contributed by atoms with Gasteiger partial charge in [-0.2, -0.15) is 0 Å². The first-order valence-electron chi connectivity index (χ1n) is 8.28. The summed E-state index contributed by atoms with van der Waals surface area (Å²) in [5.74, 6) is -0.688. The highest BCUT2D eigenvalue weighted by molar-refractivity contribution is 9.10. The maximum atomic E-state index is 13.3. The van der Waals surface area contributed by atoms with E-state index < -0.39 is 16.0 Å². The molecule has 0 spiro atoms. The Labute approximate surface area is 176 Å². The summed E-state index contributed by atoms with van der Waals surface area (Å²) in [7, 11) is -2.82. The number of hydrogen-bond donors (Lipinski definition) is 1. The third-order valence-corrected chi connectivity index (χ3v) is 7.31. The highest BCUT2D eigenvalue weighted by Gasteiger charge is 2.30. The molecule has 3 aromatic rings. The van der Waals surface area contributed by atoms with Gasteiger partial charge >= 0.3 is 5.97 Å². The van der Waals surface area contributed by atoms with Crippen LogP contribution in [-0.4, -0.2) is 21.5 Å². The lowest BCUT2D eigenvalue weighted by Crippen LogP contribution is -2.17. The molecule has 0 unspecified atom stereocenters. The van der Waals surface area contributed by atoms with E-state index in [0.717, 1.165) is 22.5 Å². The number of carbonyl (C=O) groups excluding carboxylic acids is 1. The van der Waals surface area contributed by atoms with Crippen LogP contribution in [0.25, 0.3) is 11.1 Å². The minimum atomic E-state index is -4.05. The molecule has 3 rings (SSSR count). The molecule has 0 atom stereocenters. The van der Waals surface area contributed by atoms with Crippen molar-refractivity contribution in [2.75, 3.05) is 11.8 Å². The van der Waals surface area contributed by atoms with Gasteiger partial charge in [0.25, 0.3) is 10.0 Å². The Kier molecular flexibility index (Phi) is 5.92. The van der Waals surface area contributed by atoms with Crippen molar-refractivity contribution in [2.45, 2.75) is 18.7 Å². The SMILES string of the molecule is COC(=O)c1scc(-c2ccc(C)cc2)c1S(=O)(=O)Nc1ccc(C)cc1Br. The molecule has 0 amide bonds. The van der Waals surface area contributed by atoms with Crippen molar-refractivity contribution in [3.05, 3.63) is 68.3 Å². The molecule has 0 aliphatic carbocycles. The van der Waals surface area contributed by atoms with Crippen LogP contribution >= 0.6 is 27.3 Å². The summed E-state index contributed by atoms with van der Waals surface area (Å²) in [6, 6.07) is 12.7. The van der Waals surface area contributed by atoms with Gasteiger partial charge in [-0.3, -0.25) is 4.72 Å². The number of aryl methyl sites for hydroxylation is 2. The van der Waals surface area contributed by atoms with Crippen LogP contribution in [0.4, 0.5) is 5.69 Å². The van der Waals surface area contributed by atoms with Crippen LogP contribution in [-0.2, 0) is 14.8 Å². The van der Waals surface area contributed by atoms with Crippen molar-refractivity contribution in [1.29, 1.82) is 0 Å². The number of hydrogen-bond acceptors (Lipinski definition) is 5. The van der Waals surface area contributed by atoms with Crippen LogP contribution in [0.5, 0.6) is 0 Å². The molecular formula is C20H18BrNO4S2. The molecule has 1 aromatic heterocycles. The van der Waals surface area contributed by atoms with Gasteiger partial charge in [-0.05, 0) is 53.0 Å². The van der Waals surface area contributed by atoms with E-state index >= 15 is 0 Å². The van der Waals surface area contributed by atoms with Crippen LogP contribution in [0, 0.1) is 13.8 Å². The standard InChI is InChI=1S/C20H18BrNO4S2/c1-12-4-7-14(8-5-12)15-11-27-18(20(23)26-3)19(15)28(24,25)22-17-9-6-13(2)10-16(17)21/h4-11,22H,1-3H3. The number of esters is 1. The van der Waals surface area contributed by atoms with Gasteiger partial charge in [0.2, 0.25) is 0 Å². The molecule has 0 saturated heterocycles. The quantitative estimate of drug-likeness (QED) is 0.498. The second kappa shape index (κ2) is 8.06. The minimum Gasteiger partial charge on any atom is -0.465 e. The van der Waals surface area contributed by atoms with Crippen molar-refractivity contribution >= 4 is 48.9 Å². The first-order chi connectivity index (χ1) is 13.2. The van der Waals surface area contributed by atoms with E-state index in [1.165, 1.54) is 7.11 Å². The molecule has 1 heterocycles. The molecule has 5 nitrogen and oxygen atoms in total. The van der Waals surface area contributed by atoms with Gasteiger partial charge in [-0.25, -0.2) is 13.2 Å². The van der Waals surface area contributed by atoms with Crippen LogP contribution < -0.4 is 4.72 Å². The molecule has 0 fully saturated rings. The van der Waals surface area contributed by atoms with E-state index in [9.17, 15) is 13.2 Å². The topological polar surface area (TPSA) is 72.5 Å². The second-order valence-corrected chi connectivity index (χ2v) is 9.61. The zero-order valence-corrected chi connectivity index (χ0v) is 18.7. The van der Waals surface area contributed by atoms with E-state index in [0.29, 0.717) is 21.3 Å². The van der Waals surface area contributed by atoms with Crippen LogP contribution in [0.1, 0.15) is 20.8 Å². The van der Waals surface area contributed by atoms with Gasteiger partial charge in [0.1, 0.15) is 9.77 Å². The average Bonchev–Trinajstić information content (AvgIpc) is 3.10. The number of benzene rings is 2. The molecule has 28 heavy (non-hydrogen) atoms. The van der Waals surface area contributed by atoms with Gasteiger partial charge < -0.3 is 4.74 Å². The fourth-order valence-electron chi connectivity index (χ4n) is 2.68. The molecule has 0 aliphatic heterocycles. The monoisotopic (exact) mass is 479 g/mol. The summed E-state index contributed by atoms with van der Waals surface area (Å²) in [4.78, 5) is 12.2. The number of anilines is 1. The Bertz CT molecular complexity index is 1140. The van der Waals surface area contributed by atoms with Crippen molar-refractivity contribution in [2.24, 2.45) is 0 Å². The summed E-state index contributed by atoms with van der Waals surface area (Å²) < 4.78 is 34.5. The Morgan fingerprint density at radius 2 is 1.71 bits per heavy atom. The zero-order valence-electron chi connectivity index (χ0n) is 15.4. The molecule has 146 valence electrons. The fraction of sp³-hybridized carbons (Fsp3) is 0.150. The molecule has 1 N–H and O–H groups in total. The normalized spacial score (nSPS) is 11.3. The molecule has 0 saturated carbocycles. The number of methoxy groups -OCH3 is 1. The maximum absolute atomic E-state index is 13.3. The van der Waals surface area contributed by atoms with Crippen LogP contribution in [0.2, 0.25) is 0 Å². The van der Waals surface area contributed by atoms with Crippen LogP contribution in [0.3, 0.4) is 0 Å². The number of sulfonamides is 1. The molecular weight excluding hydrogens is 462 g/mol. The summed E-state index contributed by atoms with van der Waals surface area (Å²) in [5, 5.41) is 1.66. The third kappa shape index (κ3) is 4.14. The zero-order chi connectivity index (χ0) is 20.5.